The average molecular weight is 425 g/mol. The van der Waals surface area contributed by atoms with Crippen LogP contribution in [0.3, 0.4) is 0 Å². The number of rotatable bonds is 7. The minimum atomic E-state index is -4.01. The molecule has 0 fully saturated rings. The van der Waals surface area contributed by atoms with Gasteiger partial charge in [-0.3, -0.25) is 9.78 Å². The maximum Gasteiger partial charge on any atom is 0.339 e. The number of methoxy groups -OCH3 is 1. The molecule has 1 heterocycles. The minimum Gasteiger partial charge on any atom is -0.493 e. The van der Waals surface area contributed by atoms with Gasteiger partial charge in [-0.25, -0.2) is 5.43 Å². The van der Waals surface area contributed by atoms with Crippen LogP contribution in [-0.2, 0) is 10.1 Å². The van der Waals surface area contributed by atoms with Gasteiger partial charge >= 0.3 is 10.1 Å². The number of hydrogen-bond donors (Lipinski definition) is 1. The van der Waals surface area contributed by atoms with Gasteiger partial charge in [0.05, 0.1) is 18.9 Å². The summed E-state index contributed by atoms with van der Waals surface area (Å²) in [6.07, 6.45) is 4.39. The largest absolute Gasteiger partial charge is 0.493 e. The molecule has 0 aliphatic rings. The van der Waals surface area contributed by atoms with Crippen molar-refractivity contribution in [3.05, 3.63) is 83.7 Å². The van der Waals surface area contributed by atoms with E-state index in [1.807, 2.05) is 6.92 Å². The topological polar surface area (TPSA) is 107 Å². The Kier molecular flexibility index (Phi) is 6.43. The third-order valence-electron chi connectivity index (χ3n) is 4.00. The summed E-state index contributed by atoms with van der Waals surface area (Å²) in [6, 6.07) is 14.2. The fourth-order valence-electron chi connectivity index (χ4n) is 2.43. The van der Waals surface area contributed by atoms with Gasteiger partial charge in [0, 0.05) is 12.4 Å². The summed E-state index contributed by atoms with van der Waals surface area (Å²) in [6.45, 7) is 1.86. The molecule has 1 N–H and O–H groups in total. The third kappa shape index (κ3) is 5.21. The number of pyridine rings is 1. The molecule has 8 nitrogen and oxygen atoms in total. The van der Waals surface area contributed by atoms with E-state index in [9.17, 15) is 13.2 Å². The summed E-state index contributed by atoms with van der Waals surface area (Å²) < 4.78 is 35.5. The lowest BCUT2D eigenvalue weighted by molar-refractivity contribution is 0.0954. The fraction of sp³-hybridized carbons (Fsp3) is 0.0952. The number of nitrogens with one attached hydrogen (secondary N) is 1. The Morgan fingerprint density at radius 2 is 1.87 bits per heavy atom. The van der Waals surface area contributed by atoms with Gasteiger partial charge in [-0.2, -0.15) is 13.5 Å². The van der Waals surface area contributed by atoms with Gasteiger partial charge in [0.15, 0.2) is 11.5 Å². The van der Waals surface area contributed by atoms with E-state index in [2.05, 4.69) is 15.5 Å². The molecule has 0 saturated heterocycles. The third-order valence-corrected chi connectivity index (χ3v) is 5.25. The van der Waals surface area contributed by atoms with Crippen LogP contribution in [0.4, 0.5) is 0 Å². The predicted molar refractivity (Wildman–Crippen MR) is 111 cm³/mol. The summed E-state index contributed by atoms with van der Waals surface area (Å²) in [5, 5.41) is 3.89. The highest BCUT2D eigenvalue weighted by atomic mass is 32.2. The number of carbonyl (C=O) groups excluding carboxylic acids is 1. The van der Waals surface area contributed by atoms with Crippen LogP contribution in [-0.4, -0.2) is 32.6 Å². The van der Waals surface area contributed by atoms with Crippen LogP contribution in [0.25, 0.3) is 0 Å². The number of hydrogen-bond acceptors (Lipinski definition) is 7. The number of carbonyl (C=O) groups is 1. The Hall–Kier alpha value is -3.72. The minimum absolute atomic E-state index is 0.0367. The number of ether oxygens (including phenoxy) is 1. The Labute approximate surface area is 174 Å². The molecule has 0 aliphatic heterocycles. The zero-order valence-corrected chi connectivity index (χ0v) is 17.1. The first-order valence-electron chi connectivity index (χ1n) is 8.82. The Morgan fingerprint density at radius 3 is 2.53 bits per heavy atom. The summed E-state index contributed by atoms with van der Waals surface area (Å²) in [5.74, 6) is -0.168. The molecule has 0 unspecified atom stereocenters. The lowest BCUT2D eigenvalue weighted by atomic mass is 10.2. The first kappa shape index (κ1) is 21.0. The number of amides is 1. The highest BCUT2D eigenvalue weighted by molar-refractivity contribution is 7.87. The van der Waals surface area contributed by atoms with Gasteiger partial charge in [0.2, 0.25) is 0 Å². The molecule has 3 rings (SSSR count). The lowest BCUT2D eigenvalue weighted by Gasteiger charge is -2.11. The van der Waals surface area contributed by atoms with Crippen LogP contribution in [0.5, 0.6) is 11.5 Å². The second-order valence-corrected chi connectivity index (χ2v) is 7.75. The average Bonchev–Trinajstić information content (AvgIpc) is 2.75. The van der Waals surface area contributed by atoms with Crippen molar-refractivity contribution in [1.82, 2.24) is 10.4 Å². The smallest absolute Gasteiger partial charge is 0.339 e. The van der Waals surface area contributed by atoms with Crippen LogP contribution in [0.2, 0.25) is 0 Å². The summed E-state index contributed by atoms with van der Waals surface area (Å²) in [5.41, 5.74) is 4.26. The van der Waals surface area contributed by atoms with Crippen molar-refractivity contribution in [2.75, 3.05) is 7.11 Å². The van der Waals surface area contributed by atoms with E-state index < -0.39 is 16.0 Å². The molecule has 1 amide bonds. The fourth-order valence-corrected chi connectivity index (χ4v) is 3.37. The molecule has 0 atom stereocenters. The molecule has 0 aliphatic carbocycles. The van der Waals surface area contributed by atoms with E-state index in [1.165, 1.54) is 37.7 Å². The quantitative estimate of drug-likeness (QED) is 0.354. The molecule has 0 saturated carbocycles. The summed E-state index contributed by atoms with van der Waals surface area (Å²) in [7, 11) is -2.62. The van der Waals surface area contributed by atoms with Crippen LogP contribution in [0, 0.1) is 6.92 Å². The standard InChI is InChI=1S/C21H19N3O5S/c1-15-5-8-18(9-6-15)30(26,27)29-19-10-7-16(12-20(19)28-2)13-23-24-21(25)17-4-3-11-22-14-17/h3-14H,1-2H3,(H,24,25)/b23-13+. The van der Waals surface area contributed by atoms with Crippen molar-refractivity contribution in [2.24, 2.45) is 5.10 Å². The Morgan fingerprint density at radius 1 is 1.10 bits per heavy atom. The molecule has 2 aromatic carbocycles. The van der Waals surface area contributed by atoms with Crippen LogP contribution in [0.15, 0.2) is 77.0 Å². The number of aryl methyl sites for hydroxylation is 1. The van der Waals surface area contributed by atoms with E-state index in [4.69, 9.17) is 8.92 Å². The van der Waals surface area contributed by atoms with Gasteiger partial charge in [-0.05, 0) is 55.0 Å². The van der Waals surface area contributed by atoms with Crippen molar-refractivity contribution < 1.29 is 22.1 Å². The SMILES string of the molecule is COc1cc(/C=N/NC(=O)c2cccnc2)ccc1OS(=O)(=O)c1ccc(C)cc1. The number of nitrogens with zero attached hydrogens (tertiary/aromatic N) is 2. The monoisotopic (exact) mass is 425 g/mol. The van der Waals surface area contributed by atoms with E-state index in [0.717, 1.165) is 5.56 Å². The predicted octanol–water partition coefficient (Wildman–Crippen LogP) is 2.93. The molecule has 3 aromatic rings. The van der Waals surface area contributed by atoms with Crippen LogP contribution < -0.4 is 14.3 Å². The van der Waals surface area contributed by atoms with Crippen molar-refractivity contribution >= 4 is 22.2 Å². The maximum atomic E-state index is 12.5. The maximum absolute atomic E-state index is 12.5. The molecular weight excluding hydrogens is 406 g/mol. The first-order chi connectivity index (χ1) is 14.4. The molecular formula is C21H19N3O5S. The highest BCUT2D eigenvalue weighted by Crippen LogP contribution is 2.30. The van der Waals surface area contributed by atoms with Gasteiger partial charge in [0.1, 0.15) is 4.90 Å². The zero-order chi connectivity index (χ0) is 21.6. The van der Waals surface area contributed by atoms with Crippen molar-refractivity contribution in [2.45, 2.75) is 11.8 Å². The van der Waals surface area contributed by atoms with E-state index in [1.54, 1.807) is 42.6 Å². The lowest BCUT2D eigenvalue weighted by Crippen LogP contribution is -2.17. The highest BCUT2D eigenvalue weighted by Gasteiger charge is 2.19. The van der Waals surface area contributed by atoms with Gasteiger partial charge < -0.3 is 8.92 Å². The molecule has 154 valence electrons. The van der Waals surface area contributed by atoms with Crippen LogP contribution in [0.1, 0.15) is 21.5 Å². The zero-order valence-electron chi connectivity index (χ0n) is 16.3. The van der Waals surface area contributed by atoms with E-state index in [-0.39, 0.29) is 16.4 Å². The van der Waals surface area contributed by atoms with Gasteiger partial charge in [-0.15, -0.1) is 0 Å². The molecule has 0 bridgehead atoms. The van der Waals surface area contributed by atoms with E-state index in [0.29, 0.717) is 11.1 Å². The molecule has 0 spiro atoms. The molecule has 1 aromatic heterocycles. The van der Waals surface area contributed by atoms with Crippen molar-refractivity contribution in [3.63, 3.8) is 0 Å². The van der Waals surface area contributed by atoms with Gasteiger partial charge in [-0.1, -0.05) is 17.7 Å². The summed E-state index contributed by atoms with van der Waals surface area (Å²) in [4.78, 5) is 15.9. The number of hydrazone groups is 1. The first-order valence-corrected chi connectivity index (χ1v) is 10.2. The number of benzene rings is 2. The normalized spacial score (nSPS) is 11.3. The van der Waals surface area contributed by atoms with Crippen LogP contribution >= 0.6 is 0 Å². The van der Waals surface area contributed by atoms with Crippen molar-refractivity contribution in [3.8, 4) is 11.5 Å². The van der Waals surface area contributed by atoms with Gasteiger partial charge in [0.25, 0.3) is 5.91 Å². The number of aromatic nitrogens is 1. The Bertz CT molecular complexity index is 1160. The molecule has 0 radical (unpaired) electrons. The Balaban J connectivity index is 1.73. The second-order valence-electron chi connectivity index (χ2n) is 6.20. The summed E-state index contributed by atoms with van der Waals surface area (Å²) >= 11 is 0. The van der Waals surface area contributed by atoms with Crippen molar-refractivity contribution in [1.29, 1.82) is 0 Å². The molecule has 30 heavy (non-hydrogen) atoms. The molecule has 9 heteroatoms. The van der Waals surface area contributed by atoms with E-state index >= 15 is 0 Å². The second kappa shape index (κ2) is 9.19.